The summed E-state index contributed by atoms with van der Waals surface area (Å²) in [4.78, 5) is 6.17. The molecule has 0 radical (unpaired) electrons. The molecule has 5 heteroatoms. The molecule has 0 amide bonds. The third-order valence-electron chi connectivity index (χ3n) is 1.69. The second-order valence-corrected chi connectivity index (χ2v) is 3.04. The molecule has 0 aliphatic heterocycles. The van der Waals surface area contributed by atoms with E-state index >= 15 is 0 Å². The predicted molar refractivity (Wildman–Crippen MR) is 45.5 cm³/mol. The van der Waals surface area contributed by atoms with Gasteiger partial charge in [0, 0.05) is 18.8 Å². The lowest BCUT2D eigenvalue weighted by Crippen LogP contribution is -2.09. The first-order valence-electron chi connectivity index (χ1n) is 4.16. The molecule has 0 aliphatic carbocycles. The van der Waals surface area contributed by atoms with Crippen LogP contribution in [-0.4, -0.2) is 16.5 Å². The van der Waals surface area contributed by atoms with Gasteiger partial charge in [-0.3, -0.25) is 0 Å². The molecular formula is C8H13F2N3. The number of nitrogens with zero attached hydrogens (tertiary/aromatic N) is 1. The number of H-pyrrole nitrogens is 1. The molecule has 1 aromatic heterocycles. The summed E-state index contributed by atoms with van der Waals surface area (Å²) in [5, 5.41) is 0. The van der Waals surface area contributed by atoms with E-state index in [9.17, 15) is 8.78 Å². The summed E-state index contributed by atoms with van der Waals surface area (Å²) < 4.78 is 25.3. The van der Waals surface area contributed by atoms with Crippen LogP contribution in [-0.2, 0) is 12.3 Å². The van der Waals surface area contributed by atoms with Crippen LogP contribution in [0.2, 0.25) is 0 Å². The first-order chi connectivity index (χ1) is 6.04. The summed E-state index contributed by atoms with van der Waals surface area (Å²) in [5.41, 5.74) is 6.00. The zero-order chi connectivity index (χ0) is 9.90. The summed E-state index contributed by atoms with van der Waals surface area (Å²) in [6.07, 6.45) is 2.87. The Bertz CT molecular complexity index is 265. The Kier molecular flexibility index (Phi) is 2.98. The lowest BCUT2D eigenvalue weighted by molar-refractivity contribution is 0.00848. The molecule has 3 nitrogen and oxygen atoms in total. The Morgan fingerprint density at radius 1 is 1.62 bits per heavy atom. The first kappa shape index (κ1) is 10.1. The largest absolute Gasteiger partial charge is 0.341 e. The van der Waals surface area contributed by atoms with E-state index in [1.54, 1.807) is 0 Å². The molecule has 74 valence electrons. The standard InChI is InChI=1S/C8H13F2N3/c1-8(9,10)7-12-5-6(13-7)3-2-4-11/h5H,2-4,11H2,1H3,(H,12,13). The molecule has 0 aromatic carbocycles. The number of rotatable bonds is 4. The summed E-state index contributed by atoms with van der Waals surface area (Å²) in [6, 6.07) is 0. The molecule has 1 aromatic rings. The minimum absolute atomic E-state index is 0.278. The van der Waals surface area contributed by atoms with Crippen LogP contribution in [0.5, 0.6) is 0 Å². The smallest absolute Gasteiger partial charge is 0.301 e. The fourth-order valence-electron chi connectivity index (χ4n) is 1.00. The van der Waals surface area contributed by atoms with Gasteiger partial charge in [0.05, 0.1) is 0 Å². The molecule has 0 saturated carbocycles. The molecule has 0 bridgehead atoms. The number of aromatic amines is 1. The van der Waals surface area contributed by atoms with Gasteiger partial charge in [-0.25, -0.2) is 4.98 Å². The van der Waals surface area contributed by atoms with Crippen molar-refractivity contribution in [2.75, 3.05) is 6.54 Å². The Morgan fingerprint density at radius 3 is 2.77 bits per heavy atom. The average Bonchev–Trinajstić information content (AvgIpc) is 2.47. The van der Waals surface area contributed by atoms with Crippen molar-refractivity contribution in [1.29, 1.82) is 0 Å². The number of nitrogens with one attached hydrogen (secondary N) is 1. The molecule has 0 unspecified atom stereocenters. The third kappa shape index (κ3) is 2.77. The van der Waals surface area contributed by atoms with E-state index < -0.39 is 5.92 Å². The van der Waals surface area contributed by atoms with E-state index in [-0.39, 0.29) is 5.82 Å². The molecule has 0 fully saturated rings. The highest BCUT2D eigenvalue weighted by Gasteiger charge is 2.27. The quantitative estimate of drug-likeness (QED) is 0.752. The molecule has 0 atom stereocenters. The zero-order valence-electron chi connectivity index (χ0n) is 7.48. The topological polar surface area (TPSA) is 54.7 Å². The minimum atomic E-state index is -2.89. The number of aromatic nitrogens is 2. The molecular weight excluding hydrogens is 176 g/mol. The van der Waals surface area contributed by atoms with Crippen molar-refractivity contribution < 1.29 is 8.78 Å². The van der Waals surface area contributed by atoms with Crippen LogP contribution in [0.1, 0.15) is 24.9 Å². The molecule has 1 rings (SSSR count). The number of nitrogens with two attached hydrogens (primary N) is 1. The van der Waals surface area contributed by atoms with Gasteiger partial charge in [-0.1, -0.05) is 0 Å². The summed E-state index contributed by atoms with van der Waals surface area (Å²) >= 11 is 0. The molecule has 0 spiro atoms. The van der Waals surface area contributed by atoms with Gasteiger partial charge in [0.2, 0.25) is 0 Å². The highest BCUT2D eigenvalue weighted by Crippen LogP contribution is 2.23. The lowest BCUT2D eigenvalue weighted by Gasteiger charge is -2.04. The van der Waals surface area contributed by atoms with Gasteiger partial charge in [0.1, 0.15) is 0 Å². The van der Waals surface area contributed by atoms with Crippen molar-refractivity contribution in [3.63, 3.8) is 0 Å². The fraction of sp³-hybridized carbons (Fsp3) is 0.625. The van der Waals surface area contributed by atoms with Gasteiger partial charge in [0.15, 0.2) is 5.82 Å². The Labute approximate surface area is 75.4 Å². The number of alkyl halides is 2. The van der Waals surface area contributed by atoms with E-state index in [2.05, 4.69) is 9.97 Å². The predicted octanol–water partition coefficient (Wildman–Crippen LogP) is 1.41. The van der Waals surface area contributed by atoms with E-state index in [0.717, 1.165) is 13.3 Å². The highest BCUT2D eigenvalue weighted by atomic mass is 19.3. The normalized spacial score (nSPS) is 12.0. The number of hydrogen-bond acceptors (Lipinski definition) is 2. The maximum absolute atomic E-state index is 12.7. The van der Waals surface area contributed by atoms with E-state index in [4.69, 9.17) is 5.73 Å². The van der Waals surface area contributed by atoms with Gasteiger partial charge < -0.3 is 10.7 Å². The fourth-order valence-corrected chi connectivity index (χ4v) is 1.00. The van der Waals surface area contributed by atoms with Crippen LogP contribution >= 0.6 is 0 Å². The van der Waals surface area contributed by atoms with E-state index in [1.807, 2.05) is 0 Å². The van der Waals surface area contributed by atoms with Crippen LogP contribution in [0.25, 0.3) is 0 Å². The summed E-state index contributed by atoms with van der Waals surface area (Å²) in [5.74, 6) is -3.17. The first-order valence-corrected chi connectivity index (χ1v) is 4.16. The molecule has 3 N–H and O–H groups in total. The number of imidazole rings is 1. The van der Waals surface area contributed by atoms with Crippen LogP contribution in [0.15, 0.2) is 6.20 Å². The number of aryl methyl sites for hydroxylation is 1. The average molecular weight is 189 g/mol. The van der Waals surface area contributed by atoms with Crippen LogP contribution in [0, 0.1) is 0 Å². The lowest BCUT2D eigenvalue weighted by atomic mass is 10.2. The van der Waals surface area contributed by atoms with Crippen molar-refractivity contribution in [2.45, 2.75) is 25.7 Å². The molecule has 13 heavy (non-hydrogen) atoms. The van der Waals surface area contributed by atoms with Gasteiger partial charge in [0.25, 0.3) is 0 Å². The van der Waals surface area contributed by atoms with Gasteiger partial charge >= 0.3 is 5.92 Å². The minimum Gasteiger partial charge on any atom is -0.341 e. The van der Waals surface area contributed by atoms with Crippen LogP contribution in [0.3, 0.4) is 0 Å². The van der Waals surface area contributed by atoms with Crippen molar-refractivity contribution in [3.8, 4) is 0 Å². The maximum Gasteiger partial charge on any atom is 0.301 e. The van der Waals surface area contributed by atoms with Crippen molar-refractivity contribution in [2.24, 2.45) is 5.73 Å². The van der Waals surface area contributed by atoms with E-state index in [0.29, 0.717) is 18.7 Å². The second kappa shape index (κ2) is 3.83. The summed E-state index contributed by atoms with van der Waals surface area (Å²) in [7, 11) is 0. The maximum atomic E-state index is 12.7. The van der Waals surface area contributed by atoms with Crippen LogP contribution in [0.4, 0.5) is 8.78 Å². The van der Waals surface area contributed by atoms with Gasteiger partial charge in [-0.15, -0.1) is 0 Å². The monoisotopic (exact) mass is 189 g/mol. The molecule has 0 aliphatic rings. The van der Waals surface area contributed by atoms with E-state index in [1.165, 1.54) is 6.20 Å². The van der Waals surface area contributed by atoms with Gasteiger partial charge in [-0.2, -0.15) is 8.78 Å². The zero-order valence-corrected chi connectivity index (χ0v) is 7.48. The van der Waals surface area contributed by atoms with Gasteiger partial charge in [-0.05, 0) is 19.4 Å². The third-order valence-corrected chi connectivity index (χ3v) is 1.69. The van der Waals surface area contributed by atoms with Crippen molar-refractivity contribution >= 4 is 0 Å². The number of hydrogen-bond donors (Lipinski definition) is 2. The number of halogens is 2. The summed E-state index contributed by atoms with van der Waals surface area (Å²) in [6.45, 7) is 1.37. The molecule has 0 saturated heterocycles. The molecule has 1 heterocycles. The Balaban J connectivity index is 2.64. The van der Waals surface area contributed by atoms with Crippen molar-refractivity contribution in [3.05, 3.63) is 17.7 Å². The van der Waals surface area contributed by atoms with Crippen molar-refractivity contribution in [1.82, 2.24) is 9.97 Å². The Morgan fingerprint density at radius 2 is 2.31 bits per heavy atom. The highest BCUT2D eigenvalue weighted by molar-refractivity contribution is 5.05. The van der Waals surface area contributed by atoms with Crippen LogP contribution < -0.4 is 5.73 Å². The second-order valence-electron chi connectivity index (χ2n) is 3.04. The SMILES string of the molecule is CC(F)(F)c1ncc(CCCN)[nH]1. The Hall–Kier alpha value is -0.970.